The SMILES string of the molecule is CCCCCS(=O)(=O)C(=[N+]=[N-])S(=O)(=O)CCCCC. The van der Waals surface area contributed by atoms with Crippen LogP contribution in [0.3, 0.4) is 0 Å². The van der Waals surface area contributed by atoms with E-state index < -0.39 is 24.1 Å². The zero-order chi connectivity index (χ0) is 14.9. The van der Waals surface area contributed by atoms with Gasteiger partial charge in [-0.05, 0) is 12.8 Å². The van der Waals surface area contributed by atoms with Gasteiger partial charge in [-0.25, -0.2) is 16.8 Å². The summed E-state index contributed by atoms with van der Waals surface area (Å²) in [6.07, 6.45) is 3.75. The summed E-state index contributed by atoms with van der Waals surface area (Å²) >= 11 is 0. The Morgan fingerprint density at radius 2 is 1.21 bits per heavy atom. The van der Waals surface area contributed by atoms with Crippen molar-refractivity contribution < 1.29 is 21.6 Å². The van der Waals surface area contributed by atoms with E-state index in [1.807, 2.05) is 13.8 Å². The summed E-state index contributed by atoms with van der Waals surface area (Å²) in [6.45, 7) is 3.82. The molecule has 0 unspecified atom stereocenters. The Morgan fingerprint density at radius 1 is 0.842 bits per heavy atom. The highest BCUT2D eigenvalue weighted by atomic mass is 32.3. The Labute approximate surface area is 115 Å². The van der Waals surface area contributed by atoms with Crippen LogP contribution in [0.25, 0.3) is 5.53 Å². The van der Waals surface area contributed by atoms with Crippen molar-refractivity contribution in [1.29, 1.82) is 0 Å². The van der Waals surface area contributed by atoms with Crippen molar-refractivity contribution in [2.75, 3.05) is 11.5 Å². The maximum absolute atomic E-state index is 11.8. The van der Waals surface area contributed by atoms with E-state index >= 15 is 0 Å². The summed E-state index contributed by atoms with van der Waals surface area (Å²) in [4.78, 5) is 2.53. The van der Waals surface area contributed by atoms with Crippen LogP contribution in [0.1, 0.15) is 52.4 Å². The summed E-state index contributed by atoms with van der Waals surface area (Å²) < 4.78 is 46.3. The van der Waals surface area contributed by atoms with Crippen molar-refractivity contribution in [1.82, 2.24) is 0 Å². The van der Waals surface area contributed by atoms with Gasteiger partial charge in [0.2, 0.25) is 0 Å². The van der Waals surface area contributed by atoms with Crippen LogP contribution in [0, 0.1) is 0 Å². The van der Waals surface area contributed by atoms with Crippen LogP contribution in [0.15, 0.2) is 0 Å². The fourth-order valence-electron chi connectivity index (χ4n) is 1.58. The van der Waals surface area contributed by atoms with Gasteiger partial charge in [0.1, 0.15) is 0 Å². The lowest BCUT2D eigenvalue weighted by Gasteiger charge is -2.01. The summed E-state index contributed by atoms with van der Waals surface area (Å²) in [5.74, 6) is -0.597. The first-order valence-corrected chi connectivity index (χ1v) is 9.79. The van der Waals surface area contributed by atoms with Crippen molar-refractivity contribution in [3.05, 3.63) is 5.53 Å². The minimum Gasteiger partial charge on any atom is -0.359 e. The van der Waals surface area contributed by atoms with Crippen LogP contribution < -0.4 is 0 Å². The Kier molecular flexibility index (Phi) is 8.13. The van der Waals surface area contributed by atoms with Gasteiger partial charge < -0.3 is 5.53 Å². The van der Waals surface area contributed by atoms with E-state index in [1.54, 1.807) is 0 Å². The number of unbranched alkanes of at least 4 members (excludes halogenated alkanes) is 4. The lowest BCUT2D eigenvalue weighted by Crippen LogP contribution is -2.30. The second-order valence-corrected chi connectivity index (χ2v) is 8.73. The molecule has 0 amide bonds. The number of hydrogen-bond acceptors (Lipinski definition) is 4. The van der Waals surface area contributed by atoms with Crippen molar-refractivity contribution in [3.63, 3.8) is 0 Å². The largest absolute Gasteiger partial charge is 0.495 e. The Hall–Kier alpha value is -0.720. The number of hydrogen-bond donors (Lipinski definition) is 0. The summed E-state index contributed by atoms with van der Waals surface area (Å²) in [5.41, 5.74) is 8.74. The molecule has 19 heavy (non-hydrogen) atoms. The first kappa shape index (κ1) is 18.3. The first-order valence-electron chi connectivity index (χ1n) is 6.49. The summed E-state index contributed by atoms with van der Waals surface area (Å²) in [7, 11) is -8.05. The molecule has 0 fully saturated rings. The second kappa shape index (κ2) is 8.45. The number of rotatable bonds is 8. The smallest absolute Gasteiger partial charge is 0.359 e. The van der Waals surface area contributed by atoms with E-state index in [-0.39, 0.29) is 11.5 Å². The summed E-state index contributed by atoms with van der Waals surface area (Å²) in [6, 6.07) is 0. The van der Waals surface area contributed by atoms with Crippen LogP contribution in [0.2, 0.25) is 0 Å². The van der Waals surface area contributed by atoms with Gasteiger partial charge in [-0.15, -0.1) is 4.79 Å². The summed E-state index contributed by atoms with van der Waals surface area (Å²) in [5, 5.41) is 0. The van der Waals surface area contributed by atoms with Gasteiger partial charge in [-0.3, -0.25) is 0 Å². The molecule has 0 atom stereocenters. The first-order chi connectivity index (χ1) is 8.81. The molecule has 0 saturated heterocycles. The predicted molar refractivity (Wildman–Crippen MR) is 75.3 cm³/mol. The quantitative estimate of drug-likeness (QED) is 0.224. The molecule has 0 aliphatic rings. The molecule has 112 valence electrons. The minimum absolute atomic E-state index is 0.298. The van der Waals surface area contributed by atoms with Gasteiger partial charge in [-0.1, -0.05) is 39.5 Å². The highest BCUT2D eigenvalue weighted by Gasteiger charge is 2.40. The van der Waals surface area contributed by atoms with Crippen LogP contribution in [-0.2, 0) is 19.7 Å². The van der Waals surface area contributed by atoms with E-state index in [4.69, 9.17) is 5.53 Å². The molecule has 0 aromatic carbocycles. The van der Waals surface area contributed by atoms with Crippen molar-refractivity contribution >= 4 is 24.1 Å². The van der Waals surface area contributed by atoms with Gasteiger partial charge in [-0.2, -0.15) is 0 Å². The fraction of sp³-hybridized carbons (Fsp3) is 0.909. The molecular weight excluding hydrogens is 288 g/mol. The topological polar surface area (TPSA) is 105 Å². The molecule has 0 aliphatic heterocycles. The normalized spacial score (nSPS) is 12.1. The van der Waals surface area contributed by atoms with Crippen molar-refractivity contribution in [3.8, 4) is 0 Å². The van der Waals surface area contributed by atoms with Gasteiger partial charge in [0, 0.05) is 0 Å². The van der Waals surface area contributed by atoms with Gasteiger partial charge >= 0.3 is 4.38 Å². The van der Waals surface area contributed by atoms with E-state index in [0.29, 0.717) is 25.7 Å². The number of nitrogens with zero attached hydrogens (tertiary/aromatic N) is 2. The van der Waals surface area contributed by atoms with Crippen LogP contribution >= 0.6 is 0 Å². The van der Waals surface area contributed by atoms with E-state index in [1.165, 1.54) is 0 Å². The zero-order valence-corrected chi connectivity index (χ0v) is 13.1. The van der Waals surface area contributed by atoms with Gasteiger partial charge in [0.25, 0.3) is 19.7 Å². The molecule has 8 heteroatoms. The monoisotopic (exact) mass is 310 g/mol. The molecule has 0 aliphatic carbocycles. The Bertz CT molecular complexity index is 475. The molecule has 0 heterocycles. The second-order valence-electron chi connectivity index (χ2n) is 4.42. The Balaban J connectivity index is 4.96. The zero-order valence-electron chi connectivity index (χ0n) is 11.5. The molecule has 0 radical (unpaired) electrons. The number of sulfone groups is 2. The maximum Gasteiger partial charge on any atom is 0.495 e. The average Bonchev–Trinajstić information content (AvgIpc) is 2.29. The third-order valence-corrected chi connectivity index (χ3v) is 7.05. The molecular formula is C11H22N2O4S2. The molecule has 0 saturated carbocycles. The lowest BCUT2D eigenvalue weighted by atomic mass is 10.3. The molecule has 0 spiro atoms. The standard InChI is InChI=1S/C11H22N2O4S2/c1-3-5-7-9-18(14,15)11(13-12)19(16,17)10-8-6-4-2/h3-10H2,1-2H3. The van der Waals surface area contributed by atoms with Crippen LogP contribution in [0.5, 0.6) is 0 Å². The molecule has 0 aromatic heterocycles. The van der Waals surface area contributed by atoms with Gasteiger partial charge in [0.05, 0.1) is 11.5 Å². The van der Waals surface area contributed by atoms with Crippen LogP contribution in [0.4, 0.5) is 0 Å². The molecule has 0 bridgehead atoms. The third-order valence-electron chi connectivity index (χ3n) is 2.65. The van der Waals surface area contributed by atoms with Crippen molar-refractivity contribution in [2.45, 2.75) is 52.4 Å². The van der Waals surface area contributed by atoms with E-state index in [9.17, 15) is 16.8 Å². The lowest BCUT2D eigenvalue weighted by molar-refractivity contribution is 0.00380. The third kappa shape index (κ3) is 6.31. The average molecular weight is 310 g/mol. The van der Waals surface area contributed by atoms with Crippen LogP contribution in [-0.4, -0.2) is 37.5 Å². The van der Waals surface area contributed by atoms with Gasteiger partial charge in [0.15, 0.2) is 0 Å². The van der Waals surface area contributed by atoms with E-state index in [0.717, 1.165) is 12.8 Å². The van der Waals surface area contributed by atoms with E-state index in [2.05, 4.69) is 4.79 Å². The molecule has 0 rings (SSSR count). The highest BCUT2D eigenvalue weighted by molar-refractivity contribution is 8.31. The fourth-order valence-corrected chi connectivity index (χ4v) is 5.39. The minimum atomic E-state index is -4.03. The molecule has 0 aromatic rings. The predicted octanol–water partition coefficient (Wildman–Crippen LogP) is 1.78. The molecule has 0 N–H and O–H groups in total. The Morgan fingerprint density at radius 3 is 1.47 bits per heavy atom. The highest BCUT2D eigenvalue weighted by Crippen LogP contribution is 2.09. The van der Waals surface area contributed by atoms with Crippen molar-refractivity contribution in [2.24, 2.45) is 0 Å². The molecule has 6 nitrogen and oxygen atoms in total. The maximum atomic E-state index is 11.8.